The van der Waals surface area contributed by atoms with Crippen molar-refractivity contribution in [2.75, 3.05) is 13.1 Å². The Morgan fingerprint density at radius 1 is 1.28 bits per heavy atom. The van der Waals surface area contributed by atoms with Gasteiger partial charge in [0.15, 0.2) is 0 Å². The Kier molecular flexibility index (Phi) is 4.76. The molecule has 1 saturated heterocycles. The van der Waals surface area contributed by atoms with Crippen LogP contribution in [0.25, 0.3) is 0 Å². The van der Waals surface area contributed by atoms with Crippen molar-refractivity contribution in [3.63, 3.8) is 0 Å². The van der Waals surface area contributed by atoms with Gasteiger partial charge in [0.1, 0.15) is 5.82 Å². The fourth-order valence-electron chi connectivity index (χ4n) is 3.45. The predicted molar refractivity (Wildman–Crippen MR) is 74.2 cm³/mol. The van der Waals surface area contributed by atoms with Crippen molar-refractivity contribution < 1.29 is 4.39 Å². The normalized spacial score (nSPS) is 24.4. The number of nitrogens with one attached hydrogen (secondary N) is 1. The number of piperidine rings is 1. The van der Waals surface area contributed by atoms with Crippen LogP contribution in [0.1, 0.15) is 44.6 Å². The Bertz CT molecular complexity index is 373. The summed E-state index contributed by atoms with van der Waals surface area (Å²) in [6.07, 6.45) is 3.57. The fourth-order valence-corrected chi connectivity index (χ4v) is 3.45. The van der Waals surface area contributed by atoms with Crippen LogP contribution in [0, 0.1) is 17.7 Å². The molecule has 0 amide bonds. The second kappa shape index (κ2) is 6.33. The highest BCUT2D eigenvalue weighted by atomic mass is 19.1. The highest BCUT2D eigenvalue weighted by Gasteiger charge is 2.32. The van der Waals surface area contributed by atoms with Crippen LogP contribution in [0.3, 0.4) is 0 Å². The molecular formula is C16H24FN. The zero-order valence-corrected chi connectivity index (χ0v) is 11.5. The topological polar surface area (TPSA) is 12.0 Å². The van der Waals surface area contributed by atoms with Gasteiger partial charge in [-0.25, -0.2) is 4.39 Å². The van der Waals surface area contributed by atoms with Gasteiger partial charge in [-0.05, 0) is 36.4 Å². The van der Waals surface area contributed by atoms with Gasteiger partial charge in [-0.3, -0.25) is 0 Å². The third-order valence-corrected chi connectivity index (χ3v) is 4.49. The summed E-state index contributed by atoms with van der Waals surface area (Å²) in [7, 11) is 0. The van der Waals surface area contributed by atoms with E-state index in [1.165, 1.54) is 19.3 Å². The molecular weight excluding hydrogens is 225 g/mol. The average molecular weight is 249 g/mol. The van der Waals surface area contributed by atoms with Crippen LogP contribution in [0.5, 0.6) is 0 Å². The summed E-state index contributed by atoms with van der Waals surface area (Å²) in [4.78, 5) is 0. The summed E-state index contributed by atoms with van der Waals surface area (Å²) in [6, 6.07) is 7.29. The van der Waals surface area contributed by atoms with E-state index < -0.39 is 0 Å². The van der Waals surface area contributed by atoms with E-state index in [1.807, 2.05) is 12.1 Å². The smallest absolute Gasteiger partial charge is 0.126 e. The Balaban J connectivity index is 2.25. The van der Waals surface area contributed by atoms with Crippen LogP contribution in [0.15, 0.2) is 24.3 Å². The minimum Gasteiger partial charge on any atom is -0.316 e. The van der Waals surface area contributed by atoms with Crippen molar-refractivity contribution in [2.45, 2.75) is 39.0 Å². The second-order valence-electron chi connectivity index (χ2n) is 5.36. The maximum absolute atomic E-state index is 14.0. The molecule has 1 aliphatic rings. The number of rotatable bonds is 4. The van der Waals surface area contributed by atoms with Gasteiger partial charge in [-0.15, -0.1) is 0 Å². The van der Waals surface area contributed by atoms with E-state index >= 15 is 0 Å². The van der Waals surface area contributed by atoms with E-state index in [1.54, 1.807) is 12.1 Å². The Hall–Kier alpha value is -0.890. The maximum Gasteiger partial charge on any atom is 0.126 e. The largest absolute Gasteiger partial charge is 0.316 e. The van der Waals surface area contributed by atoms with Gasteiger partial charge in [-0.1, -0.05) is 44.9 Å². The van der Waals surface area contributed by atoms with Crippen molar-refractivity contribution in [1.82, 2.24) is 5.32 Å². The molecule has 0 radical (unpaired) electrons. The molecule has 100 valence electrons. The molecule has 1 aromatic carbocycles. The van der Waals surface area contributed by atoms with Crippen LogP contribution in [-0.4, -0.2) is 13.1 Å². The van der Waals surface area contributed by atoms with Gasteiger partial charge in [0.2, 0.25) is 0 Å². The maximum atomic E-state index is 14.0. The Morgan fingerprint density at radius 3 is 2.67 bits per heavy atom. The van der Waals surface area contributed by atoms with Crippen LogP contribution in [0.2, 0.25) is 0 Å². The van der Waals surface area contributed by atoms with Crippen molar-refractivity contribution in [1.29, 1.82) is 0 Å². The third kappa shape index (κ3) is 2.74. The standard InChI is InChI=1S/C16H24FN/c1-3-12(4-2)13-9-10-18-11-15(13)14-7-5-6-8-16(14)17/h5-8,12-13,15,18H,3-4,9-11H2,1-2H3. The lowest BCUT2D eigenvalue weighted by atomic mass is 9.72. The lowest BCUT2D eigenvalue weighted by molar-refractivity contribution is 0.210. The lowest BCUT2D eigenvalue weighted by Crippen LogP contribution is -2.38. The molecule has 1 aliphatic heterocycles. The molecule has 0 spiro atoms. The minimum absolute atomic E-state index is 0.0397. The Morgan fingerprint density at radius 2 is 2.00 bits per heavy atom. The quantitative estimate of drug-likeness (QED) is 0.852. The molecule has 2 unspecified atom stereocenters. The Labute approximate surface area is 110 Å². The zero-order valence-electron chi connectivity index (χ0n) is 11.5. The first-order chi connectivity index (χ1) is 8.77. The average Bonchev–Trinajstić information content (AvgIpc) is 2.41. The zero-order chi connectivity index (χ0) is 13.0. The van der Waals surface area contributed by atoms with Crippen LogP contribution >= 0.6 is 0 Å². The van der Waals surface area contributed by atoms with Gasteiger partial charge in [-0.2, -0.15) is 0 Å². The summed E-state index contributed by atoms with van der Waals surface area (Å²) in [5.41, 5.74) is 0.904. The van der Waals surface area contributed by atoms with Gasteiger partial charge in [0.25, 0.3) is 0 Å². The van der Waals surface area contributed by atoms with E-state index in [2.05, 4.69) is 19.2 Å². The van der Waals surface area contributed by atoms with E-state index in [9.17, 15) is 4.39 Å². The molecule has 2 rings (SSSR count). The number of benzene rings is 1. The highest BCUT2D eigenvalue weighted by molar-refractivity contribution is 5.23. The van der Waals surface area contributed by atoms with Crippen molar-refractivity contribution in [3.05, 3.63) is 35.6 Å². The third-order valence-electron chi connectivity index (χ3n) is 4.49. The van der Waals surface area contributed by atoms with E-state index in [0.717, 1.165) is 24.6 Å². The molecule has 1 aromatic rings. The van der Waals surface area contributed by atoms with Crippen LogP contribution < -0.4 is 5.32 Å². The number of halogens is 1. The van der Waals surface area contributed by atoms with Crippen molar-refractivity contribution in [2.24, 2.45) is 11.8 Å². The molecule has 0 bridgehead atoms. The van der Waals surface area contributed by atoms with Crippen LogP contribution in [-0.2, 0) is 0 Å². The molecule has 0 aliphatic carbocycles. The molecule has 2 atom stereocenters. The lowest BCUT2D eigenvalue weighted by Gasteiger charge is -2.37. The summed E-state index contributed by atoms with van der Waals surface area (Å²) in [6.45, 7) is 6.51. The number of hydrogen-bond donors (Lipinski definition) is 1. The molecule has 2 heteroatoms. The van der Waals surface area contributed by atoms with Gasteiger partial charge in [0.05, 0.1) is 0 Å². The predicted octanol–water partition coefficient (Wildman–Crippen LogP) is 3.96. The molecule has 0 saturated carbocycles. The summed E-state index contributed by atoms with van der Waals surface area (Å²) < 4.78 is 14.0. The van der Waals surface area contributed by atoms with E-state index in [-0.39, 0.29) is 5.82 Å². The SMILES string of the molecule is CCC(CC)C1CCNCC1c1ccccc1F. The van der Waals surface area contributed by atoms with Gasteiger partial charge >= 0.3 is 0 Å². The molecule has 1 heterocycles. The van der Waals surface area contributed by atoms with Gasteiger partial charge in [0, 0.05) is 12.5 Å². The highest BCUT2D eigenvalue weighted by Crippen LogP contribution is 2.38. The molecule has 1 fully saturated rings. The number of hydrogen-bond acceptors (Lipinski definition) is 1. The fraction of sp³-hybridized carbons (Fsp3) is 0.625. The first-order valence-corrected chi connectivity index (χ1v) is 7.23. The summed E-state index contributed by atoms with van der Waals surface area (Å²) >= 11 is 0. The first-order valence-electron chi connectivity index (χ1n) is 7.23. The van der Waals surface area contributed by atoms with Crippen molar-refractivity contribution >= 4 is 0 Å². The molecule has 1 N–H and O–H groups in total. The van der Waals surface area contributed by atoms with E-state index in [4.69, 9.17) is 0 Å². The van der Waals surface area contributed by atoms with Crippen molar-refractivity contribution in [3.8, 4) is 0 Å². The molecule has 18 heavy (non-hydrogen) atoms. The summed E-state index contributed by atoms with van der Waals surface area (Å²) in [5, 5.41) is 3.43. The summed E-state index contributed by atoms with van der Waals surface area (Å²) in [5.74, 6) is 1.64. The van der Waals surface area contributed by atoms with Gasteiger partial charge < -0.3 is 5.32 Å². The molecule has 1 nitrogen and oxygen atoms in total. The first kappa shape index (κ1) is 13.5. The van der Waals surface area contributed by atoms with Crippen LogP contribution in [0.4, 0.5) is 4.39 Å². The second-order valence-corrected chi connectivity index (χ2v) is 5.36. The molecule has 0 aromatic heterocycles. The monoisotopic (exact) mass is 249 g/mol. The van der Waals surface area contributed by atoms with E-state index in [0.29, 0.717) is 11.8 Å². The minimum atomic E-state index is -0.0397.